The fourth-order valence-electron chi connectivity index (χ4n) is 0.846. The van der Waals surface area contributed by atoms with Gasteiger partial charge in [0, 0.05) is 0 Å². The predicted molar refractivity (Wildman–Crippen MR) is 53.3 cm³/mol. The predicted octanol–water partition coefficient (Wildman–Crippen LogP) is 1.70. The molecule has 0 radical (unpaired) electrons. The van der Waals surface area contributed by atoms with Crippen LogP contribution in [0.4, 0.5) is 0 Å². The summed E-state index contributed by atoms with van der Waals surface area (Å²) in [7, 11) is 0. The van der Waals surface area contributed by atoms with Gasteiger partial charge in [-0.3, -0.25) is 4.79 Å². The molecule has 0 rings (SSSR count). The minimum absolute atomic E-state index is 0.0254. The van der Waals surface area contributed by atoms with Crippen LogP contribution in [0.1, 0.15) is 40.5 Å². The summed E-state index contributed by atoms with van der Waals surface area (Å²) in [6, 6.07) is -0.473. The quantitative estimate of drug-likeness (QED) is 0.666. The molecule has 0 aliphatic carbocycles. The summed E-state index contributed by atoms with van der Waals surface area (Å²) in [5.74, 6) is -0.0831. The number of carbonyl (C=O) groups excluding carboxylic acids is 1. The van der Waals surface area contributed by atoms with Crippen LogP contribution in [-0.2, 0) is 9.53 Å². The number of nitrogens with two attached hydrogens (primary N) is 1. The Kier molecular flexibility index (Phi) is 5.71. The molecule has 0 heterocycles. The minimum Gasteiger partial charge on any atom is -0.462 e. The maximum absolute atomic E-state index is 11.4. The molecule has 0 spiro atoms. The van der Waals surface area contributed by atoms with E-state index in [1.807, 2.05) is 27.7 Å². The highest BCUT2D eigenvalue weighted by Gasteiger charge is 2.21. The SMILES string of the molecule is CCC(C)OC(=O)C(N)C(C)CC. The number of esters is 1. The third kappa shape index (κ3) is 4.27. The van der Waals surface area contributed by atoms with Crippen molar-refractivity contribution in [2.24, 2.45) is 11.7 Å². The van der Waals surface area contributed by atoms with E-state index in [1.165, 1.54) is 0 Å². The van der Waals surface area contributed by atoms with Crippen LogP contribution in [0.3, 0.4) is 0 Å². The normalized spacial score (nSPS) is 17.6. The first-order valence-electron chi connectivity index (χ1n) is 4.98. The Morgan fingerprint density at radius 2 is 1.85 bits per heavy atom. The Labute approximate surface area is 80.6 Å². The number of carbonyl (C=O) groups is 1. The molecule has 0 bridgehead atoms. The molecule has 0 fully saturated rings. The Balaban J connectivity index is 3.96. The Morgan fingerprint density at radius 3 is 2.23 bits per heavy atom. The molecule has 3 nitrogen and oxygen atoms in total. The van der Waals surface area contributed by atoms with Crippen LogP contribution < -0.4 is 5.73 Å². The van der Waals surface area contributed by atoms with Gasteiger partial charge < -0.3 is 10.5 Å². The van der Waals surface area contributed by atoms with Crippen LogP contribution in [0.15, 0.2) is 0 Å². The molecule has 3 heteroatoms. The molecular formula is C10H21NO2. The van der Waals surface area contributed by atoms with Crippen molar-refractivity contribution in [3.05, 3.63) is 0 Å². The van der Waals surface area contributed by atoms with Crippen molar-refractivity contribution in [1.29, 1.82) is 0 Å². The lowest BCUT2D eigenvalue weighted by molar-refractivity contribution is -0.151. The summed E-state index contributed by atoms with van der Waals surface area (Å²) in [5, 5.41) is 0. The van der Waals surface area contributed by atoms with Gasteiger partial charge in [0.2, 0.25) is 0 Å². The molecule has 78 valence electrons. The van der Waals surface area contributed by atoms with Gasteiger partial charge in [0.05, 0.1) is 6.10 Å². The summed E-state index contributed by atoms with van der Waals surface area (Å²) < 4.78 is 5.12. The second-order valence-electron chi connectivity index (χ2n) is 3.57. The molecule has 0 aromatic rings. The van der Waals surface area contributed by atoms with Gasteiger partial charge in [-0.05, 0) is 19.3 Å². The summed E-state index contributed by atoms with van der Waals surface area (Å²) in [6.45, 7) is 7.83. The highest BCUT2D eigenvalue weighted by molar-refractivity contribution is 5.75. The van der Waals surface area contributed by atoms with Gasteiger partial charge in [0.15, 0.2) is 0 Å². The van der Waals surface area contributed by atoms with E-state index in [9.17, 15) is 4.79 Å². The standard InChI is InChI=1S/C10H21NO2/c1-5-7(3)9(11)10(12)13-8(4)6-2/h7-9H,5-6,11H2,1-4H3. The number of hydrogen-bond donors (Lipinski definition) is 1. The molecule has 0 saturated carbocycles. The van der Waals surface area contributed by atoms with Crippen LogP contribution >= 0.6 is 0 Å². The van der Waals surface area contributed by atoms with Crippen LogP contribution in [-0.4, -0.2) is 18.1 Å². The van der Waals surface area contributed by atoms with E-state index in [4.69, 9.17) is 10.5 Å². The molecule has 3 atom stereocenters. The van der Waals surface area contributed by atoms with E-state index in [0.717, 1.165) is 12.8 Å². The fraction of sp³-hybridized carbons (Fsp3) is 0.900. The zero-order chi connectivity index (χ0) is 10.4. The molecule has 0 aliphatic heterocycles. The lowest BCUT2D eigenvalue weighted by Crippen LogP contribution is -2.39. The van der Waals surface area contributed by atoms with E-state index in [0.29, 0.717) is 0 Å². The van der Waals surface area contributed by atoms with E-state index >= 15 is 0 Å². The highest BCUT2D eigenvalue weighted by Crippen LogP contribution is 2.08. The molecule has 0 aromatic heterocycles. The van der Waals surface area contributed by atoms with E-state index < -0.39 is 6.04 Å². The number of hydrogen-bond acceptors (Lipinski definition) is 3. The molecule has 3 unspecified atom stereocenters. The van der Waals surface area contributed by atoms with Crippen molar-refractivity contribution >= 4 is 5.97 Å². The number of ether oxygens (including phenoxy) is 1. The van der Waals surface area contributed by atoms with Gasteiger partial charge >= 0.3 is 5.97 Å². The first kappa shape index (κ1) is 12.4. The maximum Gasteiger partial charge on any atom is 0.323 e. The number of rotatable bonds is 5. The maximum atomic E-state index is 11.4. The second kappa shape index (κ2) is 5.97. The largest absolute Gasteiger partial charge is 0.462 e. The van der Waals surface area contributed by atoms with Crippen LogP contribution in [0.25, 0.3) is 0 Å². The Bertz CT molecular complexity index is 159. The van der Waals surface area contributed by atoms with Crippen LogP contribution in [0, 0.1) is 5.92 Å². The average Bonchev–Trinajstić information content (AvgIpc) is 2.14. The lowest BCUT2D eigenvalue weighted by atomic mass is 10.0. The van der Waals surface area contributed by atoms with Gasteiger partial charge in [-0.1, -0.05) is 27.2 Å². The van der Waals surface area contributed by atoms with Crippen molar-refractivity contribution in [2.75, 3.05) is 0 Å². The first-order chi connectivity index (χ1) is 6.02. The first-order valence-corrected chi connectivity index (χ1v) is 4.98. The Hall–Kier alpha value is -0.570. The highest BCUT2D eigenvalue weighted by atomic mass is 16.5. The van der Waals surface area contributed by atoms with E-state index in [1.54, 1.807) is 0 Å². The van der Waals surface area contributed by atoms with Crippen molar-refractivity contribution < 1.29 is 9.53 Å². The van der Waals surface area contributed by atoms with E-state index in [2.05, 4.69) is 0 Å². The average molecular weight is 187 g/mol. The van der Waals surface area contributed by atoms with Crippen LogP contribution in [0.2, 0.25) is 0 Å². The van der Waals surface area contributed by atoms with E-state index in [-0.39, 0.29) is 18.0 Å². The second-order valence-corrected chi connectivity index (χ2v) is 3.57. The van der Waals surface area contributed by atoms with Crippen molar-refractivity contribution in [2.45, 2.75) is 52.7 Å². The molecule has 0 saturated heterocycles. The van der Waals surface area contributed by atoms with Gasteiger partial charge in [-0.15, -0.1) is 0 Å². The molecule has 0 amide bonds. The van der Waals surface area contributed by atoms with Gasteiger partial charge in [-0.25, -0.2) is 0 Å². The molecule has 13 heavy (non-hydrogen) atoms. The van der Waals surface area contributed by atoms with Crippen molar-refractivity contribution in [1.82, 2.24) is 0 Å². The summed E-state index contributed by atoms with van der Waals surface area (Å²) >= 11 is 0. The van der Waals surface area contributed by atoms with Gasteiger partial charge in [0.25, 0.3) is 0 Å². The third-order valence-electron chi connectivity index (χ3n) is 2.42. The van der Waals surface area contributed by atoms with Gasteiger partial charge in [-0.2, -0.15) is 0 Å². The molecule has 0 aromatic carbocycles. The zero-order valence-corrected chi connectivity index (χ0v) is 9.04. The molecule has 0 aliphatic rings. The van der Waals surface area contributed by atoms with Crippen molar-refractivity contribution in [3.63, 3.8) is 0 Å². The smallest absolute Gasteiger partial charge is 0.323 e. The van der Waals surface area contributed by atoms with Crippen molar-refractivity contribution in [3.8, 4) is 0 Å². The molecule has 2 N–H and O–H groups in total. The van der Waals surface area contributed by atoms with Crippen LogP contribution in [0.5, 0.6) is 0 Å². The summed E-state index contributed by atoms with van der Waals surface area (Å²) in [4.78, 5) is 11.4. The summed E-state index contributed by atoms with van der Waals surface area (Å²) in [5.41, 5.74) is 5.70. The molecular weight excluding hydrogens is 166 g/mol. The topological polar surface area (TPSA) is 52.3 Å². The fourth-order valence-corrected chi connectivity index (χ4v) is 0.846. The zero-order valence-electron chi connectivity index (χ0n) is 9.04. The minimum atomic E-state index is -0.473. The Morgan fingerprint density at radius 1 is 1.31 bits per heavy atom. The third-order valence-corrected chi connectivity index (χ3v) is 2.42. The monoisotopic (exact) mass is 187 g/mol. The van der Waals surface area contributed by atoms with Gasteiger partial charge in [0.1, 0.15) is 6.04 Å². The lowest BCUT2D eigenvalue weighted by Gasteiger charge is -2.19. The summed E-state index contributed by atoms with van der Waals surface area (Å²) in [6.07, 6.45) is 1.71.